The summed E-state index contributed by atoms with van der Waals surface area (Å²) in [6.45, 7) is 6.37. The number of rotatable bonds is 4. The van der Waals surface area contributed by atoms with Crippen LogP contribution in [0.5, 0.6) is 0 Å². The van der Waals surface area contributed by atoms with Crippen LogP contribution in [0.4, 0.5) is 0 Å². The molecule has 2 aliphatic heterocycles. The number of nitrogens with one attached hydrogen (secondary N) is 1. The summed E-state index contributed by atoms with van der Waals surface area (Å²) in [5.74, 6) is 0. The summed E-state index contributed by atoms with van der Waals surface area (Å²) >= 11 is 0. The normalized spacial score (nSPS) is 27.1. The van der Waals surface area contributed by atoms with Crippen LogP contribution >= 0.6 is 0 Å². The van der Waals surface area contributed by atoms with Gasteiger partial charge in [-0.05, 0) is 50.4 Å². The molecule has 1 aromatic carbocycles. The highest BCUT2D eigenvalue weighted by molar-refractivity contribution is 5.28. The van der Waals surface area contributed by atoms with Crippen LogP contribution in [0.15, 0.2) is 24.3 Å². The van der Waals surface area contributed by atoms with Crippen LogP contribution in [0.25, 0.3) is 0 Å². The fourth-order valence-corrected chi connectivity index (χ4v) is 3.98. The Morgan fingerprint density at radius 1 is 1.24 bits per heavy atom. The highest BCUT2D eigenvalue weighted by Gasteiger charge is 2.34. The summed E-state index contributed by atoms with van der Waals surface area (Å²) in [7, 11) is 2.06. The van der Waals surface area contributed by atoms with Crippen molar-refractivity contribution in [1.82, 2.24) is 10.2 Å². The van der Waals surface area contributed by atoms with Crippen molar-refractivity contribution < 1.29 is 4.74 Å². The SMILES string of the molecule is CNCC1(CN2CCCc3ccccc3C2)CCCOC1. The Morgan fingerprint density at radius 2 is 2.10 bits per heavy atom. The third-order valence-electron chi connectivity index (χ3n) is 4.95. The van der Waals surface area contributed by atoms with E-state index in [0.717, 1.165) is 32.8 Å². The maximum absolute atomic E-state index is 5.81. The number of aryl methyl sites for hydroxylation is 1. The van der Waals surface area contributed by atoms with Crippen molar-refractivity contribution in [2.45, 2.75) is 32.2 Å². The van der Waals surface area contributed by atoms with E-state index >= 15 is 0 Å². The lowest BCUT2D eigenvalue weighted by Gasteiger charge is -2.40. The van der Waals surface area contributed by atoms with E-state index in [9.17, 15) is 0 Å². The lowest BCUT2D eigenvalue weighted by molar-refractivity contribution is -0.0264. The van der Waals surface area contributed by atoms with Crippen molar-refractivity contribution in [1.29, 1.82) is 0 Å². The molecule has 1 aromatic rings. The molecule has 1 fully saturated rings. The molecule has 1 N–H and O–H groups in total. The van der Waals surface area contributed by atoms with Gasteiger partial charge in [0.15, 0.2) is 0 Å². The molecule has 3 nitrogen and oxygen atoms in total. The summed E-state index contributed by atoms with van der Waals surface area (Å²) in [4.78, 5) is 2.65. The first-order chi connectivity index (χ1) is 10.3. The van der Waals surface area contributed by atoms with Gasteiger partial charge < -0.3 is 10.1 Å². The monoisotopic (exact) mass is 288 g/mol. The molecule has 3 rings (SSSR count). The minimum atomic E-state index is 0.298. The van der Waals surface area contributed by atoms with Crippen molar-refractivity contribution in [3.63, 3.8) is 0 Å². The van der Waals surface area contributed by atoms with Crippen LogP contribution < -0.4 is 5.32 Å². The Kier molecular flexibility index (Phi) is 4.94. The summed E-state index contributed by atoms with van der Waals surface area (Å²) in [5.41, 5.74) is 3.36. The predicted octanol–water partition coefficient (Wildman–Crippen LogP) is 2.45. The molecule has 3 heteroatoms. The van der Waals surface area contributed by atoms with Gasteiger partial charge in [0.05, 0.1) is 6.61 Å². The van der Waals surface area contributed by atoms with Crippen molar-refractivity contribution in [2.24, 2.45) is 5.41 Å². The lowest BCUT2D eigenvalue weighted by Crippen LogP contribution is -2.48. The lowest BCUT2D eigenvalue weighted by atomic mass is 9.81. The Bertz CT molecular complexity index is 449. The van der Waals surface area contributed by atoms with E-state index in [1.54, 1.807) is 5.56 Å². The van der Waals surface area contributed by atoms with Gasteiger partial charge in [-0.2, -0.15) is 0 Å². The highest BCUT2D eigenvalue weighted by Crippen LogP contribution is 2.31. The van der Waals surface area contributed by atoms with Gasteiger partial charge in [0.2, 0.25) is 0 Å². The highest BCUT2D eigenvalue weighted by atomic mass is 16.5. The molecule has 0 amide bonds. The molecule has 2 aliphatic rings. The van der Waals surface area contributed by atoms with Crippen LogP contribution in [-0.4, -0.2) is 44.8 Å². The molecule has 0 saturated carbocycles. The molecule has 1 atom stereocenters. The van der Waals surface area contributed by atoms with E-state index in [4.69, 9.17) is 4.74 Å². The smallest absolute Gasteiger partial charge is 0.0546 e. The minimum Gasteiger partial charge on any atom is -0.381 e. The summed E-state index contributed by atoms with van der Waals surface area (Å²) in [6.07, 6.45) is 4.98. The molecule has 116 valence electrons. The molecule has 2 heterocycles. The van der Waals surface area contributed by atoms with Gasteiger partial charge in [0, 0.05) is 31.7 Å². The fraction of sp³-hybridized carbons (Fsp3) is 0.667. The number of hydrogen-bond donors (Lipinski definition) is 1. The first-order valence-electron chi connectivity index (χ1n) is 8.33. The number of hydrogen-bond acceptors (Lipinski definition) is 3. The number of nitrogens with zero attached hydrogens (tertiary/aromatic N) is 1. The van der Waals surface area contributed by atoms with Crippen molar-refractivity contribution in [3.8, 4) is 0 Å². The molecule has 0 aliphatic carbocycles. The van der Waals surface area contributed by atoms with Gasteiger partial charge in [-0.3, -0.25) is 4.90 Å². The zero-order valence-electron chi connectivity index (χ0n) is 13.2. The van der Waals surface area contributed by atoms with Crippen molar-refractivity contribution >= 4 is 0 Å². The summed E-state index contributed by atoms with van der Waals surface area (Å²) < 4.78 is 5.81. The first kappa shape index (κ1) is 15.0. The Hall–Kier alpha value is -0.900. The number of fused-ring (bicyclic) bond motifs is 1. The zero-order chi connectivity index (χ0) is 14.5. The van der Waals surface area contributed by atoms with E-state index < -0.39 is 0 Å². The van der Waals surface area contributed by atoms with Gasteiger partial charge in [-0.15, -0.1) is 0 Å². The van der Waals surface area contributed by atoms with E-state index in [2.05, 4.69) is 41.5 Å². The van der Waals surface area contributed by atoms with E-state index in [1.165, 1.54) is 37.8 Å². The van der Waals surface area contributed by atoms with Crippen LogP contribution in [0.3, 0.4) is 0 Å². The maximum Gasteiger partial charge on any atom is 0.0546 e. The Balaban J connectivity index is 1.71. The predicted molar refractivity (Wildman–Crippen MR) is 86.5 cm³/mol. The van der Waals surface area contributed by atoms with Crippen LogP contribution in [0, 0.1) is 5.41 Å². The molecule has 0 spiro atoms. The average Bonchev–Trinajstić information content (AvgIpc) is 2.70. The molecule has 0 bridgehead atoms. The van der Waals surface area contributed by atoms with Crippen molar-refractivity contribution in [2.75, 3.05) is 39.9 Å². The first-order valence-corrected chi connectivity index (χ1v) is 8.33. The van der Waals surface area contributed by atoms with Gasteiger partial charge in [-0.1, -0.05) is 24.3 Å². The van der Waals surface area contributed by atoms with Crippen LogP contribution in [-0.2, 0) is 17.7 Å². The Morgan fingerprint density at radius 3 is 2.86 bits per heavy atom. The molecular weight excluding hydrogens is 260 g/mol. The second-order valence-electron chi connectivity index (χ2n) is 6.77. The van der Waals surface area contributed by atoms with Gasteiger partial charge in [0.25, 0.3) is 0 Å². The van der Waals surface area contributed by atoms with Gasteiger partial charge >= 0.3 is 0 Å². The molecular formula is C18H28N2O. The van der Waals surface area contributed by atoms with E-state index in [1.807, 2.05) is 0 Å². The second kappa shape index (κ2) is 6.91. The second-order valence-corrected chi connectivity index (χ2v) is 6.77. The largest absolute Gasteiger partial charge is 0.381 e. The molecule has 1 unspecified atom stereocenters. The van der Waals surface area contributed by atoms with Crippen molar-refractivity contribution in [3.05, 3.63) is 35.4 Å². The van der Waals surface area contributed by atoms with E-state index in [-0.39, 0.29) is 0 Å². The number of benzene rings is 1. The minimum absolute atomic E-state index is 0.298. The van der Waals surface area contributed by atoms with E-state index in [0.29, 0.717) is 5.41 Å². The zero-order valence-corrected chi connectivity index (χ0v) is 13.2. The molecule has 21 heavy (non-hydrogen) atoms. The maximum atomic E-state index is 5.81. The molecule has 0 aromatic heterocycles. The Labute approximate surface area is 128 Å². The van der Waals surface area contributed by atoms with Gasteiger partial charge in [0.1, 0.15) is 0 Å². The fourth-order valence-electron chi connectivity index (χ4n) is 3.98. The quantitative estimate of drug-likeness (QED) is 0.921. The van der Waals surface area contributed by atoms with Gasteiger partial charge in [-0.25, -0.2) is 0 Å². The van der Waals surface area contributed by atoms with Crippen LogP contribution in [0.2, 0.25) is 0 Å². The summed E-state index contributed by atoms with van der Waals surface area (Å²) in [6, 6.07) is 8.95. The topological polar surface area (TPSA) is 24.5 Å². The average molecular weight is 288 g/mol. The van der Waals surface area contributed by atoms with Crippen LogP contribution in [0.1, 0.15) is 30.4 Å². The third kappa shape index (κ3) is 3.65. The molecule has 1 saturated heterocycles. The third-order valence-corrected chi connectivity index (χ3v) is 4.95. The number of ether oxygens (including phenoxy) is 1. The standard InChI is InChI=1S/C18H28N2O/c1-19-13-18(9-5-11-21-15-18)14-20-10-4-8-16-6-2-3-7-17(16)12-20/h2-3,6-7,19H,4-5,8-15H2,1H3. The summed E-state index contributed by atoms with van der Waals surface area (Å²) in [5, 5.41) is 3.40. The molecule has 0 radical (unpaired) electrons.